The van der Waals surface area contributed by atoms with Crippen LogP contribution in [0.15, 0.2) is 71.8 Å². The second-order valence-corrected chi connectivity index (χ2v) is 9.56. The number of amides is 1. The number of rotatable bonds is 2. The highest BCUT2D eigenvalue weighted by Gasteiger charge is 2.40. The van der Waals surface area contributed by atoms with Crippen LogP contribution in [-0.2, 0) is 0 Å². The number of carbonyl (C=O) groups is 1. The zero-order valence-corrected chi connectivity index (χ0v) is 20.6. The minimum atomic E-state index is -0.888. The molecule has 194 valence electrons. The van der Waals surface area contributed by atoms with Gasteiger partial charge in [0.05, 0.1) is 40.8 Å². The molecule has 2 aliphatic heterocycles. The van der Waals surface area contributed by atoms with E-state index in [0.29, 0.717) is 42.0 Å². The van der Waals surface area contributed by atoms with Crippen molar-refractivity contribution in [3.63, 3.8) is 0 Å². The smallest absolute Gasteiger partial charge is 0.276 e. The molecule has 1 atom stereocenters. The van der Waals surface area contributed by atoms with Gasteiger partial charge in [0.1, 0.15) is 11.4 Å². The zero-order chi connectivity index (χ0) is 27.1. The lowest BCUT2D eigenvalue weighted by atomic mass is 9.98. The van der Waals surface area contributed by atoms with Gasteiger partial charge in [0, 0.05) is 37.1 Å². The number of aromatic nitrogens is 3. The molecule has 10 nitrogen and oxygen atoms in total. The zero-order valence-electron chi connectivity index (χ0n) is 20.6. The summed E-state index contributed by atoms with van der Waals surface area (Å²) < 4.78 is 16.0. The maximum atomic E-state index is 15.2. The van der Waals surface area contributed by atoms with Crippen LogP contribution in [-0.4, -0.2) is 51.0 Å². The molecule has 2 aliphatic rings. The summed E-state index contributed by atoms with van der Waals surface area (Å²) in [6.07, 6.45) is 3.64. The number of pyridine rings is 1. The molecule has 0 unspecified atom stereocenters. The van der Waals surface area contributed by atoms with Crippen LogP contribution in [0.4, 0.5) is 21.5 Å². The van der Waals surface area contributed by atoms with Crippen LogP contribution in [0.3, 0.4) is 0 Å². The molecule has 0 saturated carbocycles. The van der Waals surface area contributed by atoms with Crippen molar-refractivity contribution >= 4 is 23.0 Å². The Balaban J connectivity index is 1.55. The molecule has 0 spiro atoms. The topological polar surface area (TPSA) is 136 Å². The van der Waals surface area contributed by atoms with Crippen molar-refractivity contribution in [1.29, 1.82) is 5.26 Å². The first kappa shape index (κ1) is 24.3. The Morgan fingerprint density at radius 1 is 1.13 bits per heavy atom. The SMILES string of the molecule is N#Cc1ccncc1-c1ccc2c(c1)N1CC[C@@](CO)(C1)Nc1cccc(F)c1-n1nc(ccc1=O)C(=O)N2. The van der Waals surface area contributed by atoms with Crippen molar-refractivity contribution in [2.75, 3.05) is 35.2 Å². The molecular weight excluding hydrogens is 501 g/mol. The number of para-hydroxylation sites is 1. The third-order valence-electron chi connectivity index (χ3n) is 7.13. The van der Waals surface area contributed by atoms with Gasteiger partial charge in [0.15, 0.2) is 5.82 Å². The number of benzene rings is 2. The molecule has 4 aromatic rings. The predicted molar refractivity (Wildman–Crippen MR) is 142 cm³/mol. The molecule has 2 aromatic carbocycles. The van der Waals surface area contributed by atoms with Gasteiger partial charge in [0.2, 0.25) is 0 Å². The van der Waals surface area contributed by atoms with Crippen LogP contribution in [0.5, 0.6) is 0 Å². The van der Waals surface area contributed by atoms with E-state index in [1.807, 2.05) is 11.0 Å². The molecule has 1 amide bonds. The van der Waals surface area contributed by atoms with Gasteiger partial charge in [-0.05, 0) is 48.4 Å². The monoisotopic (exact) mass is 523 g/mol. The van der Waals surface area contributed by atoms with E-state index in [1.54, 1.807) is 36.7 Å². The summed E-state index contributed by atoms with van der Waals surface area (Å²) in [5, 5.41) is 30.5. The highest BCUT2D eigenvalue weighted by atomic mass is 19.1. The second-order valence-electron chi connectivity index (χ2n) is 9.56. The first-order valence-electron chi connectivity index (χ1n) is 12.2. The molecule has 2 aromatic heterocycles. The molecule has 1 fully saturated rings. The number of hydrogen-bond donors (Lipinski definition) is 3. The summed E-state index contributed by atoms with van der Waals surface area (Å²) in [7, 11) is 0. The van der Waals surface area contributed by atoms with E-state index in [2.05, 4.69) is 26.8 Å². The van der Waals surface area contributed by atoms with Gasteiger partial charge in [-0.1, -0.05) is 12.1 Å². The van der Waals surface area contributed by atoms with Crippen molar-refractivity contribution in [2.45, 2.75) is 12.0 Å². The Hall–Kier alpha value is -5.08. The van der Waals surface area contributed by atoms with Gasteiger partial charge in [-0.15, -0.1) is 0 Å². The van der Waals surface area contributed by atoms with Gasteiger partial charge >= 0.3 is 0 Å². The highest BCUT2D eigenvalue weighted by molar-refractivity contribution is 6.05. The van der Waals surface area contributed by atoms with Crippen molar-refractivity contribution in [3.8, 4) is 22.9 Å². The second kappa shape index (κ2) is 9.34. The van der Waals surface area contributed by atoms with E-state index in [-0.39, 0.29) is 23.7 Å². The lowest BCUT2D eigenvalue weighted by Gasteiger charge is -2.31. The van der Waals surface area contributed by atoms with Crippen molar-refractivity contribution in [2.24, 2.45) is 0 Å². The molecule has 11 heteroatoms. The number of carbonyl (C=O) groups excluding carboxylic acids is 1. The maximum Gasteiger partial charge on any atom is 0.276 e. The van der Waals surface area contributed by atoms with Crippen LogP contribution < -0.4 is 21.1 Å². The minimum Gasteiger partial charge on any atom is -0.394 e. The van der Waals surface area contributed by atoms with Crippen LogP contribution >= 0.6 is 0 Å². The number of nitrogens with one attached hydrogen (secondary N) is 2. The summed E-state index contributed by atoms with van der Waals surface area (Å²) in [6.45, 7) is 0.542. The van der Waals surface area contributed by atoms with Crippen molar-refractivity contribution in [3.05, 3.63) is 94.4 Å². The van der Waals surface area contributed by atoms with Crippen molar-refractivity contribution in [1.82, 2.24) is 14.8 Å². The van der Waals surface area contributed by atoms with E-state index < -0.39 is 22.8 Å². The molecule has 4 bridgehead atoms. The summed E-state index contributed by atoms with van der Waals surface area (Å²) in [5.41, 5.74) is 1.50. The van der Waals surface area contributed by atoms with E-state index in [9.17, 15) is 20.0 Å². The van der Waals surface area contributed by atoms with E-state index in [4.69, 9.17) is 0 Å². The quantitative estimate of drug-likeness (QED) is 0.365. The third-order valence-corrected chi connectivity index (χ3v) is 7.13. The van der Waals surface area contributed by atoms with Crippen LogP contribution in [0.1, 0.15) is 22.5 Å². The van der Waals surface area contributed by atoms with Gasteiger partial charge in [-0.2, -0.15) is 15.0 Å². The Labute approximate surface area is 222 Å². The molecule has 0 aliphatic carbocycles. The summed E-state index contributed by atoms with van der Waals surface area (Å²) in [5.74, 6) is -1.29. The minimum absolute atomic E-state index is 0.0888. The number of hydrogen-bond acceptors (Lipinski definition) is 8. The molecule has 39 heavy (non-hydrogen) atoms. The van der Waals surface area contributed by atoms with Gasteiger partial charge in [0.25, 0.3) is 11.5 Å². The molecule has 0 radical (unpaired) electrons. The fourth-order valence-corrected chi connectivity index (χ4v) is 5.13. The maximum absolute atomic E-state index is 15.2. The fourth-order valence-electron chi connectivity index (χ4n) is 5.13. The molecule has 1 saturated heterocycles. The molecular formula is C28H22FN7O3. The molecule has 3 N–H and O–H groups in total. The van der Waals surface area contributed by atoms with Gasteiger partial charge in [-0.3, -0.25) is 14.6 Å². The summed E-state index contributed by atoms with van der Waals surface area (Å²) in [4.78, 5) is 32.3. The number of aliphatic hydroxyl groups is 1. The number of nitriles is 1. The average Bonchev–Trinajstić information content (AvgIpc) is 3.38. The normalized spacial score (nSPS) is 17.9. The Morgan fingerprint density at radius 2 is 2.00 bits per heavy atom. The van der Waals surface area contributed by atoms with E-state index >= 15 is 4.39 Å². The van der Waals surface area contributed by atoms with Crippen LogP contribution in [0.25, 0.3) is 16.8 Å². The number of nitrogens with zero attached hydrogens (tertiary/aromatic N) is 5. The number of anilines is 3. The standard InChI is InChI=1S/C28H22FN7O3/c29-20-2-1-3-22-26(20)36-25(38)7-6-23(34-36)27(39)32-21-5-4-17(19-14-31-10-8-18(19)13-30)12-24(21)35-11-9-28(15-35,16-37)33-22/h1-8,10,12,14,33,37H,9,11,15-16H2,(H,32,39)/t28-/m0/s1. The molecule has 4 heterocycles. The first-order valence-corrected chi connectivity index (χ1v) is 12.2. The van der Waals surface area contributed by atoms with E-state index in [0.717, 1.165) is 16.3 Å². The predicted octanol–water partition coefficient (Wildman–Crippen LogP) is 2.92. The summed E-state index contributed by atoms with van der Waals surface area (Å²) >= 11 is 0. The Bertz CT molecular complexity index is 1730. The lowest BCUT2D eigenvalue weighted by molar-refractivity contribution is 0.102. The highest BCUT2D eigenvalue weighted by Crippen LogP contribution is 2.38. The fraction of sp³-hybridized carbons (Fsp3) is 0.179. The number of fused-ring (bicyclic) bond motifs is 8. The van der Waals surface area contributed by atoms with Crippen LogP contribution in [0, 0.1) is 17.1 Å². The largest absolute Gasteiger partial charge is 0.394 e. The average molecular weight is 524 g/mol. The van der Waals surface area contributed by atoms with Gasteiger partial charge < -0.3 is 20.6 Å². The van der Waals surface area contributed by atoms with Crippen molar-refractivity contribution < 1.29 is 14.3 Å². The Morgan fingerprint density at radius 3 is 2.82 bits per heavy atom. The van der Waals surface area contributed by atoms with Gasteiger partial charge in [-0.25, -0.2) is 4.39 Å². The summed E-state index contributed by atoms with van der Waals surface area (Å²) in [6, 6.07) is 15.9. The third kappa shape index (κ3) is 4.17. The first-order chi connectivity index (χ1) is 18.9. The molecule has 6 rings (SSSR count). The Kier molecular flexibility index (Phi) is 5.81. The number of halogens is 1. The lowest BCUT2D eigenvalue weighted by Crippen LogP contribution is -2.45. The number of aliphatic hydroxyl groups excluding tert-OH is 1. The van der Waals surface area contributed by atoms with E-state index in [1.165, 1.54) is 18.2 Å². The van der Waals surface area contributed by atoms with Crippen LogP contribution in [0.2, 0.25) is 0 Å².